The van der Waals surface area contributed by atoms with E-state index < -0.39 is 25.6 Å². The van der Waals surface area contributed by atoms with Crippen molar-refractivity contribution in [3.63, 3.8) is 0 Å². The lowest BCUT2D eigenvalue weighted by Crippen LogP contribution is -2.51. The van der Waals surface area contributed by atoms with Gasteiger partial charge in [-0.15, -0.1) is 12.4 Å². The monoisotopic (exact) mass is 397 g/mol. The number of halogens is 1. The van der Waals surface area contributed by atoms with Crippen molar-refractivity contribution in [2.75, 3.05) is 13.6 Å². The third-order valence-electron chi connectivity index (χ3n) is 4.18. The molecular weight excluding hydrogens is 374 g/mol. The van der Waals surface area contributed by atoms with Crippen LogP contribution in [0.4, 0.5) is 0 Å². The first-order chi connectivity index (χ1) is 10.7. The predicted octanol–water partition coefficient (Wildman–Crippen LogP) is 0.956. The first-order valence-electron chi connectivity index (χ1n) is 7.51. The topological polar surface area (TPSA) is 118 Å². The Morgan fingerprint density at radius 1 is 0.958 bits per heavy atom. The Labute approximate surface area is 149 Å². The number of nitrogens with one attached hydrogen (secondary N) is 2. The maximum atomic E-state index is 12.3. The van der Waals surface area contributed by atoms with Crippen molar-refractivity contribution in [1.29, 1.82) is 0 Å². The first kappa shape index (κ1) is 21.3. The zero-order valence-electron chi connectivity index (χ0n) is 13.5. The van der Waals surface area contributed by atoms with Gasteiger partial charge in [0.1, 0.15) is 0 Å². The molecule has 0 amide bonds. The quantitative estimate of drug-likeness (QED) is 0.660. The number of nitrogens with two attached hydrogens (primary N) is 1. The number of hydrogen-bond donors (Lipinski definition) is 3. The Morgan fingerprint density at radius 2 is 1.42 bits per heavy atom. The molecule has 0 atom stereocenters. The zero-order valence-corrected chi connectivity index (χ0v) is 15.9. The van der Waals surface area contributed by atoms with Crippen LogP contribution in [-0.2, 0) is 20.0 Å². The molecule has 10 heteroatoms. The van der Waals surface area contributed by atoms with E-state index in [9.17, 15) is 16.8 Å². The molecule has 0 spiro atoms. The lowest BCUT2D eigenvalue weighted by molar-refractivity contribution is 0.296. The van der Waals surface area contributed by atoms with Gasteiger partial charge in [-0.05, 0) is 44.2 Å². The van der Waals surface area contributed by atoms with Gasteiger partial charge in [0.25, 0.3) is 0 Å². The lowest BCUT2D eigenvalue weighted by Gasteiger charge is -2.33. The van der Waals surface area contributed by atoms with Crippen molar-refractivity contribution in [3.05, 3.63) is 24.3 Å². The number of hydrogen-bond acceptors (Lipinski definition) is 5. The predicted molar refractivity (Wildman–Crippen MR) is 95.1 cm³/mol. The molecular formula is C14H24ClN3O4S2. The van der Waals surface area contributed by atoms with E-state index in [0.717, 1.165) is 32.1 Å². The summed E-state index contributed by atoms with van der Waals surface area (Å²) < 4.78 is 52.6. The molecule has 0 aliphatic heterocycles. The summed E-state index contributed by atoms with van der Waals surface area (Å²) in [7, 11) is -6.00. The van der Waals surface area contributed by atoms with Gasteiger partial charge in [-0.3, -0.25) is 0 Å². The van der Waals surface area contributed by atoms with E-state index >= 15 is 0 Å². The summed E-state index contributed by atoms with van der Waals surface area (Å²) in [4.78, 5) is 0.0356. The fraction of sp³-hybridized carbons (Fsp3) is 0.571. The van der Waals surface area contributed by atoms with Crippen molar-refractivity contribution < 1.29 is 16.8 Å². The van der Waals surface area contributed by atoms with E-state index in [-0.39, 0.29) is 28.7 Å². The summed E-state index contributed by atoms with van der Waals surface area (Å²) in [5, 5.41) is 0. The second-order valence-corrected chi connectivity index (χ2v) is 9.58. The minimum absolute atomic E-state index is 0. The Hall–Kier alpha value is -0.710. The number of sulfonamides is 2. The minimum atomic E-state index is -3.71. The molecule has 1 aromatic rings. The normalized spacial score (nSPS) is 17.9. The molecule has 1 fully saturated rings. The molecule has 7 nitrogen and oxygen atoms in total. The zero-order chi connectivity index (χ0) is 17.1. The van der Waals surface area contributed by atoms with Crippen LogP contribution < -0.4 is 15.2 Å². The van der Waals surface area contributed by atoms with Gasteiger partial charge in [0, 0.05) is 12.1 Å². The van der Waals surface area contributed by atoms with Crippen LogP contribution in [0.15, 0.2) is 34.1 Å². The molecule has 138 valence electrons. The van der Waals surface area contributed by atoms with Crippen molar-refractivity contribution in [1.82, 2.24) is 9.44 Å². The average Bonchev–Trinajstić information content (AvgIpc) is 2.54. The summed E-state index contributed by atoms with van der Waals surface area (Å²) in [6.45, 7) is 0.186. The summed E-state index contributed by atoms with van der Waals surface area (Å²) >= 11 is 0. The molecule has 1 aliphatic carbocycles. The molecule has 24 heavy (non-hydrogen) atoms. The van der Waals surface area contributed by atoms with Gasteiger partial charge in [-0.2, -0.15) is 0 Å². The Balaban J connectivity index is 0.00000288. The third kappa shape index (κ3) is 5.14. The Kier molecular flexibility index (Phi) is 7.21. The van der Waals surface area contributed by atoms with Crippen LogP contribution in [0.5, 0.6) is 0 Å². The van der Waals surface area contributed by atoms with E-state index in [0.29, 0.717) is 0 Å². The van der Waals surface area contributed by atoms with E-state index in [4.69, 9.17) is 5.73 Å². The SMILES string of the molecule is CNS(=O)(=O)c1ccc(S(=O)(=O)NCC2(N)CCCCC2)cc1.Cl. The van der Waals surface area contributed by atoms with Gasteiger partial charge in [0.05, 0.1) is 9.79 Å². The Morgan fingerprint density at radius 3 is 1.88 bits per heavy atom. The molecule has 1 aliphatic rings. The smallest absolute Gasteiger partial charge is 0.240 e. The largest absolute Gasteiger partial charge is 0.324 e. The molecule has 0 aromatic heterocycles. The number of benzene rings is 1. The molecule has 2 rings (SSSR count). The molecule has 0 radical (unpaired) electrons. The van der Waals surface area contributed by atoms with Crippen LogP contribution in [0.25, 0.3) is 0 Å². The molecule has 1 saturated carbocycles. The van der Waals surface area contributed by atoms with Crippen LogP contribution >= 0.6 is 12.4 Å². The fourth-order valence-electron chi connectivity index (χ4n) is 2.67. The summed E-state index contributed by atoms with van der Waals surface area (Å²) in [6.07, 6.45) is 4.75. The van der Waals surface area contributed by atoms with Crippen molar-refractivity contribution in [2.24, 2.45) is 5.73 Å². The standard InChI is InChI=1S/C14H23N3O4S2.ClH/c1-16-22(18,19)12-5-7-13(8-6-12)23(20,21)17-11-14(15)9-3-2-4-10-14;/h5-8,16-17H,2-4,9-11,15H2,1H3;1H. The van der Waals surface area contributed by atoms with Gasteiger partial charge >= 0.3 is 0 Å². The summed E-state index contributed by atoms with van der Waals surface area (Å²) in [5.41, 5.74) is 5.73. The Bertz CT molecular complexity index is 743. The highest BCUT2D eigenvalue weighted by atomic mass is 35.5. The highest BCUT2D eigenvalue weighted by molar-refractivity contribution is 7.90. The van der Waals surface area contributed by atoms with E-state index in [1.54, 1.807) is 0 Å². The van der Waals surface area contributed by atoms with Gasteiger partial charge < -0.3 is 5.73 Å². The van der Waals surface area contributed by atoms with E-state index in [2.05, 4.69) is 9.44 Å². The van der Waals surface area contributed by atoms with Crippen LogP contribution in [0, 0.1) is 0 Å². The van der Waals surface area contributed by atoms with Gasteiger partial charge in [-0.25, -0.2) is 26.3 Å². The van der Waals surface area contributed by atoms with Crippen LogP contribution in [0.1, 0.15) is 32.1 Å². The molecule has 1 aromatic carbocycles. The van der Waals surface area contributed by atoms with Crippen molar-refractivity contribution in [2.45, 2.75) is 47.4 Å². The second kappa shape index (κ2) is 8.11. The molecule has 0 unspecified atom stereocenters. The van der Waals surface area contributed by atoms with Crippen LogP contribution in [0.2, 0.25) is 0 Å². The molecule has 0 bridgehead atoms. The molecule has 4 N–H and O–H groups in total. The van der Waals surface area contributed by atoms with Crippen molar-refractivity contribution in [3.8, 4) is 0 Å². The summed E-state index contributed by atoms with van der Waals surface area (Å²) in [6, 6.07) is 5.08. The van der Waals surface area contributed by atoms with Gasteiger partial charge in [0.2, 0.25) is 20.0 Å². The average molecular weight is 398 g/mol. The first-order valence-corrected chi connectivity index (χ1v) is 10.5. The third-order valence-corrected chi connectivity index (χ3v) is 7.02. The van der Waals surface area contributed by atoms with Crippen molar-refractivity contribution >= 4 is 32.5 Å². The van der Waals surface area contributed by atoms with Crippen LogP contribution in [0.3, 0.4) is 0 Å². The highest BCUT2D eigenvalue weighted by Crippen LogP contribution is 2.25. The van der Waals surface area contributed by atoms with Gasteiger partial charge in [-0.1, -0.05) is 19.3 Å². The van der Waals surface area contributed by atoms with Crippen LogP contribution in [-0.4, -0.2) is 36.0 Å². The molecule has 0 saturated heterocycles. The van der Waals surface area contributed by atoms with E-state index in [1.165, 1.54) is 31.3 Å². The highest BCUT2D eigenvalue weighted by Gasteiger charge is 2.29. The minimum Gasteiger partial charge on any atom is -0.324 e. The fourth-order valence-corrected chi connectivity index (χ4v) is 4.54. The van der Waals surface area contributed by atoms with E-state index in [1.807, 2.05) is 0 Å². The maximum Gasteiger partial charge on any atom is 0.240 e. The second-order valence-electron chi connectivity index (χ2n) is 5.93. The van der Waals surface area contributed by atoms with Gasteiger partial charge in [0.15, 0.2) is 0 Å². The maximum absolute atomic E-state index is 12.3. The lowest BCUT2D eigenvalue weighted by atomic mass is 9.83. The molecule has 0 heterocycles. The number of rotatable bonds is 6. The summed E-state index contributed by atoms with van der Waals surface area (Å²) in [5.74, 6) is 0.